The molecule has 94 valence electrons. The van der Waals surface area contributed by atoms with Crippen LogP contribution in [-0.2, 0) is 9.59 Å². The summed E-state index contributed by atoms with van der Waals surface area (Å²) < 4.78 is 9.68. The monoisotopic (exact) mass is 248 g/mol. The predicted octanol–water partition coefficient (Wildman–Crippen LogP) is 1.03. The highest BCUT2D eigenvalue weighted by Crippen LogP contribution is 2.33. The Morgan fingerprint density at radius 3 is 1.56 bits per heavy atom. The summed E-state index contributed by atoms with van der Waals surface area (Å²) in [5, 5.41) is 0. The first-order valence-electron chi connectivity index (χ1n) is 4.85. The topological polar surface area (TPSA) is 105 Å². The third-order valence-corrected chi connectivity index (χ3v) is 1.90. The summed E-state index contributed by atoms with van der Waals surface area (Å²) in [7, 11) is 0. The van der Waals surface area contributed by atoms with E-state index in [1.165, 1.54) is 12.1 Å². The van der Waals surface area contributed by atoms with Crippen LogP contribution in [0, 0.1) is 0 Å². The van der Waals surface area contributed by atoms with E-state index in [-0.39, 0.29) is 22.9 Å². The van der Waals surface area contributed by atoms with Crippen molar-refractivity contribution in [2.45, 2.75) is 0 Å². The Labute approximate surface area is 103 Å². The van der Waals surface area contributed by atoms with Gasteiger partial charge in [-0.15, -0.1) is 0 Å². The molecule has 0 spiro atoms. The van der Waals surface area contributed by atoms with E-state index >= 15 is 0 Å². The van der Waals surface area contributed by atoms with Gasteiger partial charge in [0.1, 0.15) is 0 Å². The molecule has 0 amide bonds. The van der Waals surface area contributed by atoms with Crippen molar-refractivity contribution in [1.29, 1.82) is 0 Å². The maximum atomic E-state index is 11.0. The Morgan fingerprint density at radius 2 is 1.28 bits per heavy atom. The first-order chi connectivity index (χ1) is 8.47. The van der Waals surface area contributed by atoms with E-state index in [0.717, 1.165) is 12.2 Å². The van der Waals surface area contributed by atoms with Gasteiger partial charge in [0.05, 0.1) is 11.4 Å². The molecule has 0 bridgehead atoms. The van der Waals surface area contributed by atoms with Gasteiger partial charge in [0, 0.05) is 24.3 Å². The van der Waals surface area contributed by atoms with Crippen molar-refractivity contribution >= 4 is 23.3 Å². The molecule has 0 aliphatic rings. The number of anilines is 2. The normalized spacial score (nSPS) is 9.33. The van der Waals surface area contributed by atoms with Crippen molar-refractivity contribution in [1.82, 2.24) is 0 Å². The number of hydrogen-bond donors (Lipinski definition) is 2. The minimum absolute atomic E-state index is 0.0656. The number of hydrogen-bond acceptors (Lipinski definition) is 6. The zero-order chi connectivity index (χ0) is 13.7. The standard InChI is InChI=1S/C12H12N2O4/c1-3-11(15)17-9-5-8(14)10(6-7(9)13)18-12(16)4-2/h3-6H,1-2,13-14H2. The van der Waals surface area contributed by atoms with E-state index in [2.05, 4.69) is 13.2 Å². The Balaban J connectivity index is 3.03. The third-order valence-electron chi connectivity index (χ3n) is 1.90. The first kappa shape index (κ1) is 13.3. The molecule has 0 atom stereocenters. The predicted molar refractivity (Wildman–Crippen MR) is 66.9 cm³/mol. The molecule has 0 saturated carbocycles. The Kier molecular flexibility index (Phi) is 4.09. The zero-order valence-electron chi connectivity index (χ0n) is 9.51. The lowest BCUT2D eigenvalue weighted by atomic mass is 10.2. The molecular weight excluding hydrogens is 236 g/mol. The summed E-state index contributed by atoms with van der Waals surface area (Å²) in [5.74, 6) is -1.21. The molecule has 4 N–H and O–H groups in total. The van der Waals surface area contributed by atoms with Crippen LogP contribution < -0.4 is 20.9 Å². The number of ether oxygens (including phenoxy) is 2. The van der Waals surface area contributed by atoms with Crippen molar-refractivity contribution < 1.29 is 19.1 Å². The highest BCUT2D eigenvalue weighted by Gasteiger charge is 2.12. The summed E-state index contributed by atoms with van der Waals surface area (Å²) in [6.07, 6.45) is 1.97. The molecule has 0 aliphatic heterocycles. The molecule has 6 heteroatoms. The van der Waals surface area contributed by atoms with Crippen LogP contribution in [0.4, 0.5) is 11.4 Å². The van der Waals surface area contributed by atoms with Crippen LogP contribution in [-0.4, -0.2) is 11.9 Å². The fourth-order valence-corrected chi connectivity index (χ4v) is 1.07. The minimum atomic E-state index is -0.670. The highest BCUT2D eigenvalue weighted by molar-refractivity contribution is 5.87. The van der Waals surface area contributed by atoms with Crippen LogP contribution in [0.25, 0.3) is 0 Å². The summed E-state index contributed by atoms with van der Waals surface area (Å²) in [4.78, 5) is 22.0. The first-order valence-corrected chi connectivity index (χ1v) is 4.85. The molecular formula is C12H12N2O4. The fourth-order valence-electron chi connectivity index (χ4n) is 1.07. The van der Waals surface area contributed by atoms with Crippen LogP contribution in [0.15, 0.2) is 37.4 Å². The largest absolute Gasteiger partial charge is 0.421 e. The summed E-state index contributed by atoms with van der Waals surface area (Å²) >= 11 is 0. The van der Waals surface area contributed by atoms with E-state index in [1.807, 2.05) is 0 Å². The van der Waals surface area contributed by atoms with Crippen molar-refractivity contribution in [2.24, 2.45) is 0 Å². The quantitative estimate of drug-likeness (QED) is 0.357. The van der Waals surface area contributed by atoms with Gasteiger partial charge in [-0.3, -0.25) is 0 Å². The Hall–Kier alpha value is -2.76. The van der Waals surface area contributed by atoms with E-state index in [9.17, 15) is 9.59 Å². The maximum Gasteiger partial charge on any atom is 0.335 e. The van der Waals surface area contributed by atoms with E-state index in [4.69, 9.17) is 20.9 Å². The molecule has 0 heterocycles. The number of carbonyl (C=O) groups excluding carboxylic acids is 2. The molecule has 0 aliphatic carbocycles. The van der Waals surface area contributed by atoms with Crippen LogP contribution in [0.3, 0.4) is 0 Å². The summed E-state index contributed by atoms with van der Waals surface area (Å²) in [6, 6.07) is 2.56. The minimum Gasteiger partial charge on any atom is -0.421 e. The number of carbonyl (C=O) groups is 2. The van der Waals surface area contributed by atoms with E-state index in [1.54, 1.807) is 0 Å². The van der Waals surface area contributed by atoms with Gasteiger partial charge < -0.3 is 20.9 Å². The number of rotatable bonds is 4. The molecule has 0 saturated heterocycles. The molecule has 1 aromatic rings. The van der Waals surface area contributed by atoms with Gasteiger partial charge in [0.25, 0.3) is 0 Å². The third kappa shape index (κ3) is 3.11. The second kappa shape index (κ2) is 5.53. The summed E-state index contributed by atoms with van der Waals surface area (Å²) in [6.45, 7) is 6.50. The SMILES string of the molecule is C=CC(=O)Oc1cc(N)c(OC(=O)C=C)cc1N. The van der Waals surface area contributed by atoms with Crippen LogP contribution >= 0.6 is 0 Å². The van der Waals surface area contributed by atoms with Gasteiger partial charge in [-0.25, -0.2) is 9.59 Å². The van der Waals surface area contributed by atoms with Gasteiger partial charge >= 0.3 is 11.9 Å². The molecule has 1 aromatic carbocycles. The maximum absolute atomic E-state index is 11.0. The van der Waals surface area contributed by atoms with Gasteiger partial charge in [-0.1, -0.05) is 13.2 Å². The summed E-state index contributed by atoms with van der Waals surface area (Å²) in [5.41, 5.74) is 11.5. The van der Waals surface area contributed by atoms with Crippen LogP contribution in [0.2, 0.25) is 0 Å². The second-order valence-corrected chi connectivity index (χ2v) is 3.18. The van der Waals surface area contributed by atoms with Gasteiger partial charge in [0.2, 0.25) is 0 Å². The fraction of sp³-hybridized carbons (Fsp3) is 0. The molecule has 0 radical (unpaired) electrons. The average Bonchev–Trinajstić information content (AvgIpc) is 2.34. The molecule has 0 unspecified atom stereocenters. The lowest BCUT2D eigenvalue weighted by Gasteiger charge is -2.10. The number of esters is 2. The number of nitrogens with two attached hydrogens (primary N) is 2. The van der Waals surface area contributed by atoms with Crippen molar-refractivity contribution in [3.8, 4) is 11.5 Å². The molecule has 0 aromatic heterocycles. The second-order valence-electron chi connectivity index (χ2n) is 3.18. The molecule has 1 rings (SSSR count). The van der Waals surface area contributed by atoms with Crippen molar-refractivity contribution in [3.63, 3.8) is 0 Å². The molecule has 18 heavy (non-hydrogen) atoms. The van der Waals surface area contributed by atoms with Crippen molar-refractivity contribution in [3.05, 3.63) is 37.4 Å². The van der Waals surface area contributed by atoms with E-state index < -0.39 is 11.9 Å². The lowest BCUT2D eigenvalue weighted by molar-refractivity contribution is -0.130. The van der Waals surface area contributed by atoms with Gasteiger partial charge in [-0.05, 0) is 0 Å². The average molecular weight is 248 g/mol. The molecule has 0 fully saturated rings. The van der Waals surface area contributed by atoms with Gasteiger partial charge in [-0.2, -0.15) is 0 Å². The van der Waals surface area contributed by atoms with Crippen molar-refractivity contribution in [2.75, 3.05) is 11.5 Å². The zero-order valence-corrected chi connectivity index (χ0v) is 9.51. The highest BCUT2D eigenvalue weighted by atomic mass is 16.5. The lowest BCUT2D eigenvalue weighted by Crippen LogP contribution is -2.09. The molecule has 6 nitrogen and oxygen atoms in total. The van der Waals surface area contributed by atoms with Gasteiger partial charge in [0.15, 0.2) is 11.5 Å². The number of benzene rings is 1. The van der Waals surface area contributed by atoms with Crippen LogP contribution in [0.5, 0.6) is 11.5 Å². The Morgan fingerprint density at radius 1 is 0.944 bits per heavy atom. The number of nitrogen functional groups attached to an aromatic ring is 2. The smallest absolute Gasteiger partial charge is 0.335 e. The Bertz CT molecular complexity index is 475. The van der Waals surface area contributed by atoms with E-state index in [0.29, 0.717) is 0 Å². The van der Waals surface area contributed by atoms with Crippen LogP contribution in [0.1, 0.15) is 0 Å².